The van der Waals surface area contributed by atoms with E-state index in [4.69, 9.17) is 16.6 Å². The van der Waals surface area contributed by atoms with Crippen molar-refractivity contribution >= 4 is 29.2 Å². The first kappa shape index (κ1) is 17.0. The minimum atomic E-state index is 0.236. The molecule has 2 heterocycles. The SMILES string of the molecule is C=Cc1cnc(Cl)cc1Nc1cc(C)cc(C2(CC)CCCC2)n1. The lowest BCUT2D eigenvalue weighted by atomic mass is 9.79. The normalized spacial score (nSPS) is 16.1. The Labute approximate surface area is 149 Å². The van der Waals surface area contributed by atoms with Crippen molar-refractivity contribution in [2.24, 2.45) is 0 Å². The third kappa shape index (κ3) is 3.32. The maximum absolute atomic E-state index is 6.04. The van der Waals surface area contributed by atoms with Crippen molar-refractivity contribution in [3.8, 4) is 0 Å². The van der Waals surface area contributed by atoms with Crippen LogP contribution in [0.3, 0.4) is 0 Å². The Hall–Kier alpha value is -1.87. The van der Waals surface area contributed by atoms with Gasteiger partial charge in [0.05, 0.1) is 5.69 Å². The van der Waals surface area contributed by atoms with Crippen LogP contribution in [0.2, 0.25) is 5.15 Å². The van der Waals surface area contributed by atoms with E-state index in [2.05, 4.69) is 42.9 Å². The number of aryl methyl sites for hydroxylation is 1. The van der Waals surface area contributed by atoms with E-state index in [0.717, 1.165) is 23.5 Å². The zero-order valence-electron chi connectivity index (χ0n) is 14.4. The molecule has 0 spiro atoms. The second-order valence-electron chi connectivity index (χ2n) is 6.68. The number of halogens is 1. The van der Waals surface area contributed by atoms with Crippen LogP contribution >= 0.6 is 11.6 Å². The van der Waals surface area contributed by atoms with Crippen molar-refractivity contribution in [1.82, 2.24) is 9.97 Å². The van der Waals surface area contributed by atoms with E-state index in [0.29, 0.717) is 5.15 Å². The first-order valence-electron chi connectivity index (χ1n) is 8.60. The van der Waals surface area contributed by atoms with Gasteiger partial charge in [0.25, 0.3) is 0 Å². The molecule has 3 rings (SSSR count). The fraction of sp³-hybridized carbons (Fsp3) is 0.400. The van der Waals surface area contributed by atoms with Crippen LogP contribution in [-0.4, -0.2) is 9.97 Å². The van der Waals surface area contributed by atoms with Crippen molar-refractivity contribution < 1.29 is 0 Å². The molecule has 24 heavy (non-hydrogen) atoms. The maximum Gasteiger partial charge on any atom is 0.131 e. The Bertz CT molecular complexity index is 749. The van der Waals surface area contributed by atoms with Gasteiger partial charge in [0, 0.05) is 22.9 Å². The molecule has 126 valence electrons. The largest absolute Gasteiger partial charge is 0.340 e. The number of anilines is 2. The van der Waals surface area contributed by atoms with Crippen molar-refractivity contribution in [3.63, 3.8) is 0 Å². The number of hydrogen-bond acceptors (Lipinski definition) is 3. The molecule has 1 N–H and O–H groups in total. The van der Waals surface area contributed by atoms with Crippen LogP contribution in [0.5, 0.6) is 0 Å². The fourth-order valence-electron chi connectivity index (χ4n) is 3.69. The predicted molar refractivity (Wildman–Crippen MR) is 102 cm³/mol. The first-order valence-corrected chi connectivity index (χ1v) is 8.98. The molecule has 0 amide bonds. The molecular weight excluding hydrogens is 318 g/mol. The van der Waals surface area contributed by atoms with E-state index >= 15 is 0 Å². The molecule has 1 saturated carbocycles. The minimum Gasteiger partial charge on any atom is -0.340 e. The summed E-state index contributed by atoms with van der Waals surface area (Å²) in [4.78, 5) is 9.06. The van der Waals surface area contributed by atoms with Crippen molar-refractivity contribution in [3.05, 3.63) is 52.9 Å². The Balaban J connectivity index is 1.98. The van der Waals surface area contributed by atoms with E-state index < -0.39 is 0 Å². The van der Waals surface area contributed by atoms with Crippen LogP contribution in [0.15, 0.2) is 31.0 Å². The highest BCUT2D eigenvalue weighted by Crippen LogP contribution is 2.43. The summed E-state index contributed by atoms with van der Waals surface area (Å²) in [7, 11) is 0. The van der Waals surface area contributed by atoms with Gasteiger partial charge < -0.3 is 5.32 Å². The number of nitrogens with zero attached hydrogens (tertiary/aromatic N) is 2. The molecule has 4 heteroatoms. The van der Waals surface area contributed by atoms with Crippen LogP contribution < -0.4 is 5.32 Å². The molecule has 0 aliphatic heterocycles. The van der Waals surface area contributed by atoms with Gasteiger partial charge >= 0.3 is 0 Å². The molecule has 2 aromatic heterocycles. The zero-order valence-corrected chi connectivity index (χ0v) is 15.2. The highest BCUT2D eigenvalue weighted by molar-refractivity contribution is 6.29. The van der Waals surface area contributed by atoms with Crippen LogP contribution in [0.25, 0.3) is 6.08 Å². The standard InChI is InChI=1S/C20H24ClN3/c1-4-15-13-22-18(21)12-16(15)23-19-11-14(3)10-17(24-19)20(5-2)8-6-7-9-20/h4,10-13H,1,5-9H2,2-3H3,(H,22,23,24). The smallest absolute Gasteiger partial charge is 0.131 e. The zero-order chi connectivity index (χ0) is 17.2. The molecule has 0 unspecified atom stereocenters. The molecule has 1 fully saturated rings. The Kier molecular flexibility index (Phi) is 4.91. The monoisotopic (exact) mass is 341 g/mol. The number of hydrogen-bond donors (Lipinski definition) is 1. The van der Waals surface area contributed by atoms with E-state index in [1.807, 2.05) is 6.07 Å². The van der Waals surface area contributed by atoms with Crippen molar-refractivity contribution in [1.29, 1.82) is 0 Å². The Morgan fingerprint density at radius 2 is 2.04 bits per heavy atom. The van der Waals surface area contributed by atoms with Gasteiger partial charge in [-0.25, -0.2) is 9.97 Å². The lowest BCUT2D eigenvalue weighted by Crippen LogP contribution is -2.23. The fourth-order valence-corrected chi connectivity index (χ4v) is 3.85. The molecule has 0 saturated heterocycles. The van der Waals surface area contributed by atoms with Crippen LogP contribution in [-0.2, 0) is 5.41 Å². The molecule has 0 atom stereocenters. The van der Waals surface area contributed by atoms with Gasteiger partial charge in [0.1, 0.15) is 11.0 Å². The highest BCUT2D eigenvalue weighted by atomic mass is 35.5. The molecule has 0 radical (unpaired) electrons. The van der Waals surface area contributed by atoms with E-state index in [1.165, 1.54) is 36.9 Å². The lowest BCUT2D eigenvalue weighted by molar-refractivity contribution is 0.412. The van der Waals surface area contributed by atoms with E-state index in [1.54, 1.807) is 12.3 Å². The van der Waals surface area contributed by atoms with Gasteiger partial charge in [-0.15, -0.1) is 0 Å². The van der Waals surface area contributed by atoms with Gasteiger partial charge in [-0.05, 0) is 49.9 Å². The first-order chi connectivity index (χ1) is 11.6. The van der Waals surface area contributed by atoms with E-state index in [9.17, 15) is 0 Å². The maximum atomic E-state index is 6.04. The summed E-state index contributed by atoms with van der Waals surface area (Å²) in [6, 6.07) is 6.13. The van der Waals surface area contributed by atoms with Crippen molar-refractivity contribution in [2.45, 2.75) is 51.4 Å². The summed E-state index contributed by atoms with van der Waals surface area (Å²) < 4.78 is 0. The molecular formula is C20H24ClN3. The van der Waals surface area contributed by atoms with E-state index in [-0.39, 0.29) is 5.41 Å². The number of nitrogens with one attached hydrogen (secondary N) is 1. The second kappa shape index (κ2) is 6.94. The topological polar surface area (TPSA) is 37.8 Å². The summed E-state index contributed by atoms with van der Waals surface area (Å²) >= 11 is 6.04. The quantitative estimate of drug-likeness (QED) is 0.673. The van der Waals surface area contributed by atoms with Crippen molar-refractivity contribution in [2.75, 3.05) is 5.32 Å². The number of rotatable bonds is 5. The van der Waals surface area contributed by atoms with Crippen LogP contribution in [0.1, 0.15) is 55.8 Å². The predicted octanol–water partition coefficient (Wildman–Crippen LogP) is 6.05. The summed E-state index contributed by atoms with van der Waals surface area (Å²) in [5.74, 6) is 0.857. The molecule has 3 nitrogen and oxygen atoms in total. The average Bonchev–Trinajstić information content (AvgIpc) is 3.05. The van der Waals surface area contributed by atoms with Crippen LogP contribution in [0.4, 0.5) is 11.5 Å². The lowest BCUT2D eigenvalue weighted by Gasteiger charge is -2.28. The summed E-state index contributed by atoms with van der Waals surface area (Å²) in [5, 5.41) is 3.86. The highest BCUT2D eigenvalue weighted by Gasteiger charge is 2.35. The van der Waals surface area contributed by atoms with Gasteiger partial charge in [-0.2, -0.15) is 0 Å². The summed E-state index contributed by atoms with van der Waals surface area (Å²) in [6.07, 6.45) is 9.70. The second-order valence-corrected chi connectivity index (χ2v) is 7.07. The molecule has 2 aromatic rings. The molecule has 1 aliphatic carbocycles. The Morgan fingerprint density at radius 1 is 1.29 bits per heavy atom. The molecule has 1 aliphatic rings. The van der Waals surface area contributed by atoms with Gasteiger partial charge in [-0.1, -0.05) is 44.0 Å². The molecule has 0 aromatic carbocycles. The third-order valence-electron chi connectivity index (χ3n) is 5.13. The number of aromatic nitrogens is 2. The Morgan fingerprint density at radius 3 is 2.71 bits per heavy atom. The minimum absolute atomic E-state index is 0.236. The molecule has 0 bridgehead atoms. The summed E-state index contributed by atoms with van der Waals surface area (Å²) in [6.45, 7) is 8.25. The summed E-state index contributed by atoms with van der Waals surface area (Å²) in [5.41, 5.74) is 4.47. The van der Waals surface area contributed by atoms with Gasteiger partial charge in [0.2, 0.25) is 0 Å². The van der Waals surface area contributed by atoms with Gasteiger partial charge in [-0.3, -0.25) is 0 Å². The number of pyridine rings is 2. The third-order valence-corrected chi connectivity index (χ3v) is 5.34. The average molecular weight is 342 g/mol. The van der Waals surface area contributed by atoms with Gasteiger partial charge in [0.15, 0.2) is 0 Å². The van der Waals surface area contributed by atoms with Crippen LogP contribution in [0, 0.1) is 6.92 Å².